The number of ether oxygens (including phenoxy) is 2. The number of aromatic nitrogens is 1. The summed E-state index contributed by atoms with van der Waals surface area (Å²) in [7, 11) is 1.61. The van der Waals surface area contributed by atoms with Gasteiger partial charge in [0.1, 0.15) is 17.4 Å². The third-order valence-electron chi connectivity index (χ3n) is 5.02. The molecule has 0 spiro atoms. The number of nitriles is 1. The molecule has 7 nitrogen and oxygen atoms in total. The molecule has 1 aliphatic carbocycles. The molecule has 30 heavy (non-hydrogen) atoms. The van der Waals surface area contributed by atoms with Gasteiger partial charge in [-0.3, -0.25) is 4.79 Å². The number of hydrogen-bond donors (Lipinski definition) is 1. The Balaban J connectivity index is 1.80. The SMILES string of the molecule is COc1ccc(-n2c(C)cc(/C=C(\C#N)C(=O)OC(C)C(=O)NC3CC3)c2C)cc1. The van der Waals surface area contributed by atoms with Crippen LogP contribution in [-0.4, -0.2) is 35.7 Å². The van der Waals surface area contributed by atoms with Crippen LogP contribution in [0.15, 0.2) is 35.9 Å². The highest BCUT2D eigenvalue weighted by atomic mass is 16.5. The Hall–Kier alpha value is -3.53. The van der Waals surface area contributed by atoms with Crippen LogP contribution in [0.2, 0.25) is 0 Å². The lowest BCUT2D eigenvalue weighted by atomic mass is 10.1. The van der Waals surface area contributed by atoms with Crippen LogP contribution in [0.4, 0.5) is 0 Å². The molecule has 0 radical (unpaired) electrons. The lowest BCUT2D eigenvalue weighted by Crippen LogP contribution is -2.37. The number of nitrogens with zero attached hydrogens (tertiary/aromatic N) is 2. The normalized spacial score (nSPS) is 14.6. The molecular formula is C23H25N3O4. The number of hydrogen-bond acceptors (Lipinski definition) is 5. The van der Waals surface area contributed by atoms with E-state index in [1.807, 2.05) is 54.8 Å². The maximum Gasteiger partial charge on any atom is 0.349 e. The van der Waals surface area contributed by atoms with Gasteiger partial charge in [0.05, 0.1) is 7.11 Å². The van der Waals surface area contributed by atoms with Crippen LogP contribution in [0, 0.1) is 25.2 Å². The van der Waals surface area contributed by atoms with E-state index < -0.39 is 12.1 Å². The maximum atomic E-state index is 12.4. The summed E-state index contributed by atoms with van der Waals surface area (Å²) in [5, 5.41) is 12.2. The van der Waals surface area contributed by atoms with Gasteiger partial charge in [0, 0.05) is 23.1 Å². The minimum atomic E-state index is -0.957. The van der Waals surface area contributed by atoms with E-state index in [0.29, 0.717) is 0 Å². The van der Waals surface area contributed by atoms with Gasteiger partial charge in [-0.25, -0.2) is 4.79 Å². The van der Waals surface area contributed by atoms with Crippen molar-refractivity contribution in [3.8, 4) is 17.5 Å². The molecule has 2 aromatic rings. The number of benzene rings is 1. The zero-order valence-electron chi connectivity index (χ0n) is 17.6. The highest BCUT2D eigenvalue weighted by Gasteiger charge is 2.28. The van der Waals surface area contributed by atoms with Crippen LogP contribution in [0.3, 0.4) is 0 Å². The van der Waals surface area contributed by atoms with E-state index in [1.54, 1.807) is 7.11 Å². The van der Waals surface area contributed by atoms with E-state index >= 15 is 0 Å². The van der Waals surface area contributed by atoms with E-state index in [4.69, 9.17) is 9.47 Å². The zero-order valence-corrected chi connectivity index (χ0v) is 17.6. The molecule has 1 aromatic heterocycles. The second-order valence-corrected chi connectivity index (χ2v) is 7.36. The highest BCUT2D eigenvalue weighted by Crippen LogP contribution is 2.24. The molecule has 1 saturated carbocycles. The number of amides is 1. The fraction of sp³-hybridized carbons (Fsp3) is 0.348. The molecule has 1 atom stereocenters. The van der Waals surface area contributed by atoms with E-state index in [2.05, 4.69) is 5.32 Å². The molecule has 1 aliphatic rings. The van der Waals surface area contributed by atoms with Crippen molar-refractivity contribution in [3.05, 3.63) is 52.9 Å². The largest absolute Gasteiger partial charge is 0.497 e. The Kier molecular flexibility index (Phi) is 6.26. The summed E-state index contributed by atoms with van der Waals surface area (Å²) in [5.74, 6) is -0.401. The number of methoxy groups -OCH3 is 1. The minimum absolute atomic E-state index is 0.156. The molecule has 3 rings (SSSR count). The predicted molar refractivity (Wildman–Crippen MR) is 112 cm³/mol. The Morgan fingerprint density at radius 3 is 2.50 bits per heavy atom. The van der Waals surface area contributed by atoms with Crippen molar-refractivity contribution in [1.29, 1.82) is 5.26 Å². The van der Waals surface area contributed by atoms with Gasteiger partial charge in [0.25, 0.3) is 5.91 Å². The molecule has 1 heterocycles. The quantitative estimate of drug-likeness (QED) is 0.432. The molecule has 1 N–H and O–H groups in total. The van der Waals surface area contributed by atoms with Crippen molar-refractivity contribution in [1.82, 2.24) is 9.88 Å². The number of aryl methyl sites for hydroxylation is 1. The molecule has 7 heteroatoms. The van der Waals surface area contributed by atoms with Gasteiger partial charge in [-0.1, -0.05) is 0 Å². The lowest BCUT2D eigenvalue weighted by Gasteiger charge is -2.12. The van der Waals surface area contributed by atoms with Crippen LogP contribution < -0.4 is 10.1 Å². The number of carbonyl (C=O) groups is 2. The summed E-state index contributed by atoms with van der Waals surface area (Å²) in [6, 6.07) is 11.6. The van der Waals surface area contributed by atoms with Crippen molar-refractivity contribution < 1.29 is 19.1 Å². The fourth-order valence-corrected chi connectivity index (χ4v) is 3.18. The number of carbonyl (C=O) groups excluding carboxylic acids is 2. The maximum absolute atomic E-state index is 12.4. The molecule has 1 aromatic carbocycles. The fourth-order valence-electron chi connectivity index (χ4n) is 3.18. The van der Waals surface area contributed by atoms with E-state index in [-0.39, 0.29) is 17.5 Å². The molecule has 1 amide bonds. The highest BCUT2D eigenvalue weighted by molar-refractivity contribution is 5.99. The third-order valence-corrected chi connectivity index (χ3v) is 5.02. The van der Waals surface area contributed by atoms with Crippen LogP contribution in [0.25, 0.3) is 11.8 Å². The van der Waals surface area contributed by atoms with E-state index in [9.17, 15) is 14.9 Å². The van der Waals surface area contributed by atoms with Crippen molar-refractivity contribution in [2.75, 3.05) is 7.11 Å². The average Bonchev–Trinajstić information content (AvgIpc) is 3.50. The second-order valence-electron chi connectivity index (χ2n) is 7.36. The van der Waals surface area contributed by atoms with Crippen LogP contribution in [0.1, 0.15) is 36.7 Å². The smallest absolute Gasteiger partial charge is 0.349 e. The second kappa shape index (κ2) is 8.87. The summed E-state index contributed by atoms with van der Waals surface area (Å²) < 4.78 is 12.4. The van der Waals surface area contributed by atoms with Gasteiger partial charge < -0.3 is 19.4 Å². The van der Waals surface area contributed by atoms with Gasteiger partial charge in [0.2, 0.25) is 0 Å². The zero-order chi connectivity index (χ0) is 21.8. The van der Waals surface area contributed by atoms with E-state index in [0.717, 1.165) is 41.2 Å². The monoisotopic (exact) mass is 407 g/mol. The standard InChI is InChI=1S/C23H25N3O4/c1-14-11-17(15(2)26(14)20-7-9-21(29-4)10-8-20)12-18(13-24)23(28)30-16(3)22(27)25-19-5-6-19/h7-12,16,19H,5-6H2,1-4H3,(H,25,27)/b18-12+. The van der Waals surface area contributed by atoms with Gasteiger partial charge in [0.15, 0.2) is 6.10 Å². The summed E-state index contributed by atoms with van der Waals surface area (Å²) in [5.41, 5.74) is 3.34. The van der Waals surface area contributed by atoms with Crippen LogP contribution in [0.5, 0.6) is 5.75 Å². The first-order chi connectivity index (χ1) is 14.3. The van der Waals surface area contributed by atoms with Gasteiger partial charge in [-0.05, 0) is 75.6 Å². The first-order valence-electron chi connectivity index (χ1n) is 9.80. The first kappa shape index (κ1) is 21.2. The summed E-state index contributed by atoms with van der Waals surface area (Å²) in [4.78, 5) is 24.4. The van der Waals surface area contributed by atoms with E-state index in [1.165, 1.54) is 13.0 Å². The molecule has 156 valence electrons. The molecule has 0 aliphatic heterocycles. The minimum Gasteiger partial charge on any atom is -0.497 e. The molecule has 0 saturated heterocycles. The molecule has 1 unspecified atom stereocenters. The Labute approximate surface area is 175 Å². The summed E-state index contributed by atoms with van der Waals surface area (Å²) in [6.45, 7) is 5.36. The Morgan fingerprint density at radius 1 is 1.27 bits per heavy atom. The van der Waals surface area contributed by atoms with Gasteiger partial charge >= 0.3 is 5.97 Å². The third kappa shape index (κ3) is 4.71. The van der Waals surface area contributed by atoms with Crippen LogP contribution >= 0.6 is 0 Å². The summed E-state index contributed by atoms with van der Waals surface area (Å²) in [6.07, 6.45) is 2.43. The van der Waals surface area contributed by atoms with Crippen molar-refractivity contribution in [3.63, 3.8) is 0 Å². The summed E-state index contributed by atoms with van der Waals surface area (Å²) >= 11 is 0. The lowest BCUT2D eigenvalue weighted by molar-refractivity contribution is -0.150. The first-order valence-corrected chi connectivity index (χ1v) is 9.80. The number of rotatable bonds is 7. The molecular weight excluding hydrogens is 382 g/mol. The average molecular weight is 407 g/mol. The van der Waals surface area contributed by atoms with Crippen molar-refractivity contribution >= 4 is 18.0 Å². The van der Waals surface area contributed by atoms with Gasteiger partial charge in [-0.2, -0.15) is 5.26 Å². The van der Waals surface area contributed by atoms with Crippen LogP contribution in [-0.2, 0) is 14.3 Å². The molecule has 0 bridgehead atoms. The Bertz CT molecular complexity index is 1020. The topological polar surface area (TPSA) is 93.3 Å². The Morgan fingerprint density at radius 2 is 1.93 bits per heavy atom. The number of nitrogens with one attached hydrogen (secondary N) is 1. The number of esters is 1. The van der Waals surface area contributed by atoms with Crippen molar-refractivity contribution in [2.45, 2.75) is 45.8 Å². The molecule has 1 fully saturated rings. The predicted octanol–water partition coefficient (Wildman–Crippen LogP) is 3.22. The van der Waals surface area contributed by atoms with Crippen molar-refractivity contribution in [2.24, 2.45) is 0 Å². The van der Waals surface area contributed by atoms with Gasteiger partial charge in [-0.15, -0.1) is 0 Å².